The van der Waals surface area contributed by atoms with Crippen LogP contribution in [0.5, 0.6) is 11.5 Å². The molecule has 192 valence electrons. The van der Waals surface area contributed by atoms with E-state index in [1.165, 1.54) is 10.9 Å². The molecular formula is C29H25N3O6. The fourth-order valence-electron chi connectivity index (χ4n) is 3.96. The molecule has 5 aromatic rings. The number of hydrogen-bond acceptors (Lipinski definition) is 8. The van der Waals surface area contributed by atoms with Crippen LogP contribution in [0.15, 0.2) is 87.1 Å². The molecule has 3 aromatic carbocycles. The van der Waals surface area contributed by atoms with E-state index in [1.807, 2.05) is 24.3 Å². The summed E-state index contributed by atoms with van der Waals surface area (Å²) in [5.41, 5.74) is 1.42. The number of aromatic nitrogens is 2. The van der Waals surface area contributed by atoms with Crippen LogP contribution >= 0.6 is 0 Å². The summed E-state index contributed by atoms with van der Waals surface area (Å²) in [4.78, 5) is 30.0. The first kappa shape index (κ1) is 24.8. The van der Waals surface area contributed by atoms with E-state index < -0.39 is 5.97 Å². The van der Waals surface area contributed by atoms with Gasteiger partial charge in [0.25, 0.3) is 5.56 Å². The number of para-hydroxylation sites is 1. The molecular weight excluding hydrogens is 486 g/mol. The topological polar surface area (TPSA) is 105 Å². The van der Waals surface area contributed by atoms with Gasteiger partial charge in [0.15, 0.2) is 12.4 Å². The first-order chi connectivity index (χ1) is 18.4. The van der Waals surface area contributed by atoms with Crippen LogP contribution in [0.2, 0.25) is 0 Å². The molecule has 0 aliphatic carbocycles. The van der Waals surface area contributed by atoms with Gasteiger partial charge in [-0.1, -0.05) is 30.3 Å². The van der Waals surface area contributed by atoms with Crippen molar-refractivity contribution in [2.24, 2.45) is 5.10 Å². The van der Waals surface area contributed by atoms with Crippen molar-refractivity contribution in [2.75, 3.05) is 13.7 Å². The zero-order chi connectivity index (χ0) is 26.6. The molecule has 5 rings (SSSR count). The van der Waals surface area contributed by atoms with Crippen molar-refractivity contribution in [2.45, 2.75) is 20.0 Å². The van der Waals surface area contributed by atoms with Crippen molar-refractivity contribution in [3.63, 3.8) is 0 Å². The number of methoxy groups -OCH3 is 1. The zero-order valence-electron chi connectivity index (χ0n) is 21.1. The number of furan rings is 1. The highest BCUT2D eigenvalue weighted by molar-refractivity contribution is 5.88. The second-order valence-corrected chi connectivity index (χ2v) is 8.70. The smallest absolute Gasteiger partial charge is 0.344 e. The molecule has 0 saturated heterocycles. The quantitative estimate of drug-likeness (QED) is 0.212. The molecule has 0 fully saturated rings. The molecule has 2 heterocycles. The summed E-state index contributed by atoms with van der Waals surface area (Å²) in [6, 6.07) is 21.3. The Morgan fingerprint density at radius 3 is 2.68 bits per heavy atom. The summed E-state index contributed by atoms with van der Waals surface area (Å²) >= 11 is 0. The van der Waals surface area contributed by atoms with E-state index in [0.29, 0.717) is 39.3 Å². The largest absolute Gasteiger partial charge is 0.496 e. The Kier molecular flexibility index (Phi) is 6.90. The Morgan fingerprint density at radius 1 is 1.05 bits per heavy atom. The van der Waals surface area contributed by atoms with Crippen LogP contribution in [-0.4, -0.2) is 41.7 Å². The van der Waals surface area contributed by atoms with Gasteiger partial charge in [0, 0.05) is 0 Å². The van der Waals surface area contributed by atoms with Crippen LogP contribution in [0, 0.1) is 0 Å². The van der Waals surface area contributed by atoms with Crippen LogP contribution in [0.3, 0.4) is 0 Å². The average molecular weight is 512 g/mol. The minimum absolute atomic E-state index is 0.216. The lowest BCUT2D eigenvalue weighted by molar-refractivity contribution is -0.149. The SMILES string of the molecule is COc1cccc2oc(-c3nc4ccccc4c(=O)n3N=Cc3cccc(OCC(=O)OC(C)C)c3)cc12. The summed E-state index contributed by atoms with van der Waals surface area (Å²) < 4.78 is 23.4. The van der Waals surface area contributed by atoms with E-state index in [-0.39, 0.29) is 24.1 Å². The van der Waals surface area contributed by atoms with Crippen molar-refractivity contribution in [3.05, 3.63) is 88.7 Å². The third kappa shape index (κ3) is 5.12. The number of ether oxygens (including phenoxy) is 3. The molecule has 0 bridgehead atoms. The van der Waals surface area contributed by atoms with E-state index >= 15 is 0 Å². The molecule has 0 aliphatic rings. The Hall–Kier alpha value is -4.92. The molecule has 2 aromatic heterocycles. The maximum atomic E-state index is 13.5. The minimum Gasteiger partial charge on any atom is -0.496 e. The number of fused-ring (bicyclic) bond motifs is 2. The van der Waals surface area contributed by atoms with Crippen molar-refractivity contribution in [3.8, 4) is 23.1 Å². The van der Waals surface area contributed by atoms with Crippen LogP contribution < -0.4 is 15.0 Å². The third-order valence-electron chi connectivity index (χ3n) is 5.62. The summed E-state index contributed by atoms with van der Waals surface area (Å²) in [6.45, 7) is 3.33. The van der Waals surface area contributed by atoms with Gasteiger partial charge >= 0.3 is 5.97 Å². The highest BCUT2D eigenvalue weighted by Gasteiger charge is 2.18. The van der Waals surface area contributed by atoms with Gasteiger partial charge in [-0.25, -0.2) is 9.78 Å². The standard InChI is InChI=1S/C29H25N3O6/c1-18(2)37-27(33)17-36-20-9-6-8-19(14-20)16-30-32-28(31-23-11-5-4-10-21(23)29(32)34)26-15-22-24(35-3)12-7-13-25(22)38-26/h4-16,18H,17H2,1-3H3. The Balaban J connectivity index is 1.54. The van der Waals surface area contributed by atoms with Gasteiger partial charge in [-0.05, 0) is 61.9 Å². The minimum atomic E-state index is -0.458. The molecule has 9 nitrogen and oxygen atoms in total. The summed E-state index contributed by atoms with van der Waals surface area (Å²) in [7, 11) is 1.58. The monoisotopic (exact) mass is 511 g/mol. The lowest BCUT2D eigenvalue weighted by atomic mass is 10.2. The van der Waals surface area contributed by atoms with Crippen LogP contribution in [0.4, 0.5) is 0 Å². The van der Waals surface area contributed by atoms with E-state index in [0.717, 1.165) is 5.39 Å². The van der Waals surface area contributed by atoms with Crippen molar-refractivity contribution >= 4 is 34.1 Å². The Labute approximate surface area is 217 Å². The van der Waals surface area contributed by atoms with Crippen molar-refractivity contribution in [1.82, 2.24) is 9.66 Å². The Morgan fingerprint density at radius 2 is 1.87 bits per heavy atom. The number of esters is 1. The van der Waals surface area contributed by atoms with Gasteiger partial charge < -0.3 is 18.6 Å². The molecule has 0 saturated carbocycles. The third-order valence-corrected chi connectivity index (χ3v) is 5.62. The lowest BCUT2D eigenvalue weighted by Crippen LogP contribution is -2.20. The molecule has 0 N–H and O–H groups in total. The molecule has 38 heavy (non-hydrogen) atoms. The van der Waals surface area contributed by atoms with Gasteiger partial charge in [0.05, 0.1) is 35.7 Å². The van der Waals surface area contributed by atoms with Gasteiger partial charge in [-0.2, -0.15) is 9.78 Å². The molecule has 0 spiro atoms. The predicted molar refractivity (Wildman–Crippen MR) is 144 cm³/mol. The normalized spacial score (nSPS) is 11.5. The van der Waals surface area contributed by atoms with E-state index in [1.54, 1.807) is 69.5 Å². The second-order valence-electron chi connectivity index (χ2n) is 8.70. The van der Waals surface area contributed by atoms with Gasteiger partial charge in [-0.3, -0.25) is 4.79 Å². The van der Waals surface area contributed by atoms with Crippen LogP contribution in [0.25, 0.3) is 33.5 Å². The molecule has 0 radical (unpaired) electrons. The van der Waals surface area contributed by atoms with Gasteiger partial charge in [-0.15, -0.1) is 0 Å². The van der Waals surface area contributed by atoms with Gasteiger partial charge in [0.2, 0.25) is 5.82 Å². The molecule has 9 heteroatoms. The van der Waals surface area contributed by atoms with E-state index in [9.17, 15) is 9.59 Å². The molecule has 0 aliphatic heterocycles. The number of rotatable bonds is 8. The number of carbonyl (C=O) groups is 1. The molecule has 0 unspecified atom stereocenters. The molecule has 0 amide bonds. The number of nitrogens with zero attached hydrogens (tertiary/aromatic N) is 3. The highest BCUT2D eigenvalue weighted by atomic mass is 16.6. The highest BCUT2D eigenvalue weighted by Crippen LogP contribution is 2.32. The maximum Gasteiger partial charge on any atom is 0.344 e. The number of carbonyl (C=O) groups excluding carboxylic acids is 1. The van der Waals surface area contributed by atoms with Crippen molar-refractivity contribution < 1.29 is 23.4 Å². The number of benzene rings is 3. The first-order valence-electron chi connectivity index (χ1n) is 12.0. The molecule has 0 atom stereocenters. The number of hydrogen-bond donors (Lipinski definition) is 0. The van der Waals surface area contributed by atoms with Crippen LogP contribution in [-0.2, 0) is 9.53 Å². The van der Waals surface area contributed by atoms with Crippen LogP contribution in [0.1, 0.15) is 19.4 Å². The van der Waals surface area contributed by atoms with Gasteiger partial charge in [0.1, 0.15) is 17.1 Å². The maximum absolute atomic E-state index is 13.5. The average Bonchev–Trinajstić information content (AvgIpc) is 3.36. The van der Waals surface area contributed by atoms with Crippen molar-refractivity contribution in [1.29, 1.82) is 0 Å². The fraction of sp³-hybridized carbons (Fsp3) is 0.172. The lowest BCUT2D eigenvalue weighted by Gasteiger charge is -2.09. The van der Waals surface area contributed by atoms with E-state index in [4.69, 9.17) is 23.6 Å². The summed E-state index contributed by atoms with van der Waals surface area (Å²) in [5.74, 6) is 1.25. The second kappa shape index (κ2) is 10.6. The Bertz CT molecular complexity index is 1720. The predicted octanol–water partition coefficient (Wildman–Crippen LogP) is 5.03. The first-order valence-corrected chi connectivity index (χ1v) is 12.0. The summed E-state index contributed by atoms with van der Waals surface area (Å²) in [6.07, 6.45) is 1.30. The fourth-order valence-corrected chi connectivity index (χ4v) is 3.96. The summed E-state index contributed by atoms with van der Waals surface area (Å²) in [5, 5.41) is 5.64. The van der Waals surface area contributed by atoms with E-state index in [2.05, 4.69) is 5.10 Å². The zero-order valence-corrected chi connectivity index (χ0v) is 21.1.